The van der Waals surface area contributed by atoms with Gasteiger partial charge >= 0.3 is 0 Å². The quantitative estimate of drug-likeness (QED) is 0.644. The normalized spacial score (nSPS) is 19.2. The summed E-state index contributed by atoms with van der Waals surface area (Å²) >= 11 is 0. The Kier molecular flexibility index (Phi) is 5.32. The topological polar surface area (TPSA) is 43.2 Å². The van der Waals surface area contributed by atoms with E-state index in [1.165, 1.54) is 11.1 Å². The molecule has 0 radical (unpaired) electrons. The van der Waals surface area contributed by atoms with Crippen LogP contribution in [-0.2, 0) is 17.8 Å². The van der Waals surface area contributed by atoms with E-state index in [2.05, 4.69) is 53.5 Å². The summed E-state index contributed by atoms with van der Waals surface area (Å²) in [5.74, 6) is 0. The van der Waals surface area contributed by atoms with Crippen LogP contribution in [0.5, 0.6) is 0 Å². The van der Waals surface area contributed by atoms with Crippen molar-refractivity contribution in [2.24, 2.45) is 0 Å². The summed E-state index contributed by atoms with van der Waals surface area (Å²) in [4.78, 5) is 6.69. The van der Waals surface area contributed by atoms with Crippen molar-refractivity contribution in [2.75, 3.05) is 14.2 Å². The van der Waals surface area contributed by atoms with Gasteiger partial charge in [-0.15, -0.1) is 0 Å². The molecule has 140 valence electrons. The summed E-state index contributed by atoms with van der Waals surface area (Å²) in [6, 6.07) is 15.1. The van der Waals surface area contributed by atoms with E-state index in [-0.39, 0.29) is 0 Å². The number of hydrogen-bond acceptors (Lipinski definition) is 4. The first-order chi connectivity index (χ1) is 13.2. The summed E-state index contributed by atoms with van der Waals surface area (Å²) in [5.41, 5.74) is 4.58. The predicted molar refractivity (Wildman–Crippen MR) is 106 cm³/mol. The van der Waals surface area contributed by atoms with E-state index >= 15 is 0 Å². The molecule has 0 aliphatic heterocycles. The number of nitrogens with zero attached hydrogens (tertiary/aromatic N) is 4. The number of methoxy groups -OCH3 is 1. The summed E-state index contributed by atoms with van der Waals surface area (Å²) < 4.78 is 7.47. The maximum absolute atomic E-state index is 5.43. The lowest BCUT2D eigenvalue weighted by Crippen LogP contribution is -2.45. The molecule has 1 saturated carbocycles. The molecule has 0 N–H and O–H groups in total. The van der Waals surface area contributed by atoms with Crippen LogP contribution in [0.4, 0.5) is 0 Å². The Morgan fingerprint density at radius 1 is 1.15 bits per heavy atom. The van der Waals surface area contributed by atoms with Crippen molar-refractivity contribution in [1.29, 1.82) is 0 Å². The molecule has 0 atom stereocenters. The van der Waals surface area contributed by atoms with E-state index in [0.29, 0.717) is 12.1 Å². The maximum Gasteiger partial charge on any atom is 0.0983 e. The Morgan fingerprint density at radius 3 is 2.67 bits per heavy atom. The molecule has 3 aromatic rings. The fraction of sp³-hybridized carbons (Fsp3) is 0.364. The molecule has 2 heterocycles. The fourth-order valence-corrected chi connectivity index (χ4v) is 3.66. The molecule has 0 amide bonds. The fourth-order valence-electron chi connectivity index (χ4n) is 3.66. The number of aromatic nitrogens is 3. The lowest BCUT2D eigenvalue weighted by molar-refractivity contribution is -0.0216. The molecule has 1 aliphatic carbocycles. The van der Waals surface area contributed by atoms with E-state index in [0.717, 1.165) is 37.2 Å². The van der Waals surface area contributed by atoms with E-state index < -0.39 is 0 Å². The third-order valence-corrected chi connectivity index (χ3v) is 5.41. The summed E-state index contributed by atoms with van der Waals surface area (Å²) in [6.45, 7) is 1.65. The van der Waals surface area contributed by atoms with Gasteiger partial charge in [-0.3, -0.25) is 14.6 Å². The molecule has 27 heavy (non-hydrogen) atoms. The molecule has 2 aromatic heterocycles. The zero-order valence-corrected chi connectivity index (χ0v) is 16.0. The Balaban J connectivity index is 1.56. The zero-order chi connectivity index (χ0) is 18.6. The van der Waals surface area contributed by atoms with Gasteiger partial charge < -0.3 is 4.74 Å². The molecule has 5 heteroatoms. The average molecular weight is 362 g/mol. The van der Waals surface area contributed by atoms with Crippen LogP contribution in [0.15, 0.2) is 61.1 Å². The highest BCUT2D eigenvalue weighted by molar-refractivity contribution is 5.61. The highest BCUT2D eigenvalue weighted by Crippen LogP contribution is 2.30. The Labute approximate surface area is 160 Å². The van der Waals surface area contributed by atoms with Gasteiger partial charge in [-0.1, -0.05) is 30.3 Å². The molecule has 5 nitrogen and oxygen atoms in total. The van der Waals surface area contributed by atoms with Crippen LogP contribution in [0, 0.1) is 0 Å². The van der Waals surface area contributed by atoms with E-state index in [9.17, 15) is 0 Å². The van der Waals surface area contributed by atoms with Crippen LogP contribution in [0.25, 0.3) is 11.3 Å². The van der Waals surface area contributed by atoms with Gasteiger partial charge in [-0.05, 0) is 37.6 Å². The molecule has 0 bridgehead atoms. The van der Waals surface area contributed by atoms with Gasteiger partial charge in [0.05, 0.1) is 18.3 Å². The zero-order valence-electron chi connectivity index (χ0n) is 16.0. The van der Waals surface area contributed by atoms with Gasteiger partial charge in [0.2, 0.25) is 0 Å². The molecule has 1 fully saturated rings. The monoisotopic (exact) mass is 362 g/mol. The Morgan fingerprint density at radius 2 is 1.96 bits per heavy atom. The van der Waals surface area contributed by atoms with Crippen LogP contribution in [0.1, 0.15) is 24.0 Å². The molecular formula is C22H26N4O. The second-order valence-electron chi connectivity index (χ2n) is 7.33. The van der Waals surface area contributed by atoms with E-state index in [4.69, 9.17) is 9.84 Å². The molecular weight excluding hydrogens is 336 g/mol. The van der Waals surface area contributed by atoms with Crippen molar-refractivity contribution in [3.05, 3.63) is 72.2 Å². The lowest BCUT2D eigenvalue weighted by Gasteiger charge is -2.40. The highest BCUT2D eigenvalue weighted by Gasteiger charge is 2.32. The molecule has 0 saturated heterocycles. The van der Waals surface area contributed by atoms with Gasteiger partial charge in [-0.25, -0.2) is 0 Å². The second kappa shape index (κ2) is 8.03. The smallest absolute Gasteiger partial charge is 0.0983 e. The van der Waals surface area contributed by atoms with Gasteiger partial charge in [0.25, 0.3) is 0 Å². The van der Waals surface area contributed by atoms with Gasteiger partial charge in [0.1, 0.15) is 0 Å². The van der Waals surface area contributed by atoms with Crippen molar-refractivity contribution in [1.82, 2.24) is 19.7 Å². The minimum absolute atomic E-state index is 0.413. The summed E-state index contributed by atoms with van der Waals surface area (Å²) in [6.07, 6.45) is 8.49. The second-order valence-corrected chi connectivity index (χ2v) is 7.33. The number of rotatable bonds is 7. The molecule has 0 unspecified atom stereocenters. The van der Waals surface area contributed by atoms with Crippen LogP contribution in [0.3, 0.4) is 0 Å². The van der Waals surface area contributed by atoms with Gasteiger partial charge in [0.15, 0.2) is 0 Å². The van der Waals surface area contributed by atoms with Crippen molar-refractivity contribution in [2.45, 2.75) is 38.1 Å². The number of hydrogen-bond donors (Lipinski definition) is 0. The summed E-state index contributed by atoms with van der Waals surface area (Å²) in [5, 5.41) is 4.89. The number of pyridine rings is 1. The predicted octanol–water partition coefficient (Wildman–Crippen LogP) is 3.60. The SMILES string of the molecule is COC1CC(N(C)Cc2cn(Cc3ccccc3)nc2-c2cccnc2)C1. The van der Waals surface area contributed by atoms with Crippen LogP contribution in [-0.4, -0.2) is 46.0 Å². The van der Waals surface area contributed by atoms with Crippen LogP contribution in [0.2, 0.25) is 0 Å². The van der Waals surface area contributed by atoms with Crippen molar-refractivity contribution < 1.29 is 4.74 Å². The third kappa shape index (κ3) is 4.10. The first-order valence-corrected chi connectivity index (χ1v) is 9.46. The Bertz CT molecular complexity index is 857. The Hall–Kier alpha value is -2.50. The van der Waals surface area contributed by atoms with Gasteiger partial charge in [0, 0.05) is 49.4 Å². The van der Waals surface area contributed by atoms with Gasteiger partial charge in [-0.2, -0.15) is 5.10 Å². The number of ether oxygens (including phenoxy) is 1. The van der Waals surface area contributed by atoms with E-state index in [1.807, 2.05) is 23.0 Å². The molecule has 1 aromatic carbocycles. The van der Waals surface area contributed by atoms with Crippen LogP contribution < -0.4 is 0 Å². The van der Waals surface area contributed by atoms with Crippen molar-refractivity contribution >= 4 is 0 Å². The first kappa shape index (κ1) is 17.9. The van der Waals surface area contributed by atoms with Crippen LogP contribution >= 0.6 is 0 Å². The van der Waals surface area contributed by atoms with E-state index in [1.54, 1.807) is 13.3 Å². The molecule has 1 aliphatic rings. The highest BCUT2D eigenvalue weighted by atomic mass is 16.5. The average Bonchev–Trinajstić information content (AvgIpc) is 3.04. The first-order valence-electron chi connectivity index (χ1n) is 9.46. The number of benzene rings is 1. The third-order valence-electron chi connectivity index (χ3n) is 5.41. The minimum Gasteiger partial charge on any atom is -0.381 e. The standard InChI is InChI=1S/C22H26N4O/c1-25(20-11-21(12-20)27-2)15-19-16-26(14-17-7-4-3-5-8-17)24-22(19)18-9-6-10-23-13-18/h3-10,13,16,20-21H,11-12,14-15H2,1-2H3. The van der Waals surface area contributed by atoms with Crippen molar-refractivity contribution in [3.8, 4) is 11.3 Å². The maximum atomic E-state index is 5.43. The lowest BCUT2D eigenvalue weighted by atomic mass is 9.88. The summed E-state index contributed by atoms with van der Waals surface area (Å²) in [7, 11) is 3.99. The largest absolute Gasteiger partial charge is 0.381 e. The minimum atomic E-state index is 0.413. The molecule has 4 rings (SSSR count). The van der Waals surface area contributed by atoms with Crippen molar-refractivity contribution in [3.63, 3.8) is 0 Å². The molecule has 0 spiro atoms.